The molecule has 21 heavy (non-hydrogen) atoms. The Morgan fingerprint density at radius 1 is 0.714 bits per heavy atom. The van der Waals surface area contributed by atoms with Gasteiger partial charge < -0.3 is 11.5 Å². The molecule has 2 aromatic carbocycles. The maximum Gasteiger partial charge on any atom is 0.0407 e. The molecule has 4 nitrogen and oxygen atoms in total. The molecule has 4 heteroatoms. The van der Waals surface area contributed by atoms with E-state index in [2.05, 4.69) is 9.98 Å². The third-order valence-corrected chi connectivity index (χ3v) is 3.03. The number of hydrogen-bond donors (Lipinski definition) is 2. The van der Waals surface area contributed by atoms with Crippen molar-refractivity contribution in [3.8, 4) is 0 Å². The summed E-state index contributed by atoms with van der Waals surface area (Å²) in [6, 6.07) is 15.4. The summed E-state index contributed by atoms with van der Waals surface area (Å²) in [5.41, 5.74) is 15.1. The monoisotopic (exact) mass is 280 g/mol. The fourth-order valence-electron chi connectivity index (χ4n) is 1.84. The van der Waals surface area contributed by atoms with E-state index < -0.39 is 0 Å². The van der Waals surface area contributed by atoms with E-state index in [4.69, 9.17) is 11.5 Å². The minimum absolute atomic E-state index is 0.732. The van der Waals surface area contributed by atoms with Crippen molar-refractivity contribution in [1.29, 1.82) is 0 Å². The summed E-state index contributed by atoms with van der Waals surface area (Å²) in [4.78, 5) is 8.72. The summed E-state index contributed by atoms with van der Waals surface area (Å²) in [5, 5.41) is 0. The van der Waals surface area contributed by atoms with Crippen LogP contribution in [0.5, 0.6) is 0 Å². The van der Waals surface area contributed by atoms with Crippen molar-refractivity contribution in [2.75, 3.05) is 24.6 Å². The number of nitrogens with zero attached hydrogens (tertiary/aromatic N) is 2. The zero-order valence-electron chi connectivity index (χ0n) is 11.9. The topological polar surface area (TPSA) is 76.8 Å². The van der Waals surface area contributed by atoms with Crippen molar-refractivity contribution < 1.29 is 0 Å². The number of aliphatic imine (C=N–C) groups is 2. The Morgan fingerprint density at radius 3 is 1.57 bits per heavy atom. The second kappa shape index (κ2) is 7.85. The molecule has 0 aromatic heterocycles. The van der Waals surface area contributed by atoms with Crippen LogP contribution in [0.1, 0.15) is 17.5 Å². The van der Waals surface area contributed by atoms with E-state index in [1.807, 2.05) is 61.0 Å². The summed E-state index contributed by atoms with van der Waals surface area (Å²) < 4.78 is 0. The molecule has 2 aromatic rings. The van der Waals surface area contributed by atoms with Gasteiger partial charge in [-0.3, -0.25) is 9.98 Å². The van der Waals surface area contributed by atoms with Crippen LogP contribution in [0.2, 0.25) is 0 Å². The molecule has 4 N–H and O–H groups in total. The summed E-state index contributed by atoms with van der Waals surface area (Å²) >= 11 is 0. The maximum atomic E-state index is 5.83. The second-order valence-electron chi connectivity index (χ2n) is 4.68. The normalized spacial score (nSPS) is 11.4. The van der Waals surface area contributed by atoms with E-state index in [-0.39, 0.29) is 0 Å². The average Bonchev–Trinajstić information content (AvgIpc) is 2.50. The minimum Gasteiger partial charge on any atom is -0.398 e. The minimum atomic E-state index is 0.732. The lowest BCUT2D eigenvalue weighted by molar-refractivity contribution is 0.851. The lowest BCUT2D eigenvalue weighted by Gasteiger charge is -1.99. The molecule has 0 radical (unpaired) electrons. The molecule has 0 saturated carbocycles. The van der Waals surface area contributed by atoms with E-state index in [1.165, 1.54) is 0 Å². The van der Waals surface area contributed by atoms with Crippen molar-refractivity contribution in [3.63, 3.8) is 0 Å². The van der Waals surface area contributed by atoms with Gasteiger partial charge in [-0.25, -0.2) is 0 Å². The number of nitrogens with two attached hydrogens (primary N) is 2. The highest BCUT2D eigenvalue weighted by molar-refractivity contribution is 5.87. The van der Waals surface area contributed by atoms with E-state index in [9.17, 15) is 0 Å². The summed E-state index contributed by atoms with van der Waals surface area (Å²) in [6.45, 7) is 1.46. The van der Waals surface area contributed by atoms with Crippen LogP contribution in [0, 0.1) is 0 Å². The molecule has 0 saturated heterocycles. The first-order chi connectivity index (χ1) is 10.3. The Hall–Kier alpha value is -2.62. The van der Waals surface area contributed by atoms with Crippen molar-refractivity contribution in [2.24, 2.45) is 9.98 Å². The lowest BCUT2D eigenvalue weighted by atomic mass is 10.2. The number of anilines is 2. The molecular formula is C17H20N4. The fraction of sp³-hybridized carbons (Fsp3) is 0.176. The number of rotatable bonds is 6. The van der Waals surface area contributed by atoms with Gasteiger partial charge in [-0.2, -0.15) is 0 Å². The highest BCUT2D eigenvalue weighted by Gasteiger charge is 1.93. The molecule has 0 heterocycles. The van der Waals surface area contributed by atoms with Crippen LogP contribution in [0.4, 0.5) is 11.4 Å². The van der Waals surface area contributed by atoms with Gasteiger partial charge in [0.2, 0.25) is 0 Å². The van der Waals surface area contributed by atoms with Gasteiger partial charge in [0.25, 0.3) is 0 Å². The van der Waals surface area contributed by atoms with Crippen LogP contribution < -0.4 is 11.5 Å². The lowest BCUT2D eigenvalue weighted by Crippen LogP contribution is -1.95. The third kappa shape index (κ3) is 4.76. The largest absolute Gasteiger partial charge is 0.398 e. The first-order valence-corrected chi connectivity index (χ1v) is 6.96. The van der Waals surface area contributed by atoms with Gasteiger partial charge in [0, 0.05) is 48.0 Å². The molecule has 108 valence electrons. The second-order valence-corrected chi connectivity index (χ2v) is 4.68. The molecule has 0 amide bonds. The van der Waals surface area contributed by atoms with Crippen LogP contribution in [0.15, 0.2) is 58.5 Å². The van der Waals surface area contributed by atoms with Crippen molar-refractivity contribution in [1.82, 2.24) is 0 Å². The van der Waals surface area contributed by atoms with Crippen molar-refractivity contribution in [3.05, 3.63) is 59.7 Å². The van der Waals surface area contributed by atoms with Gasteiger partial charge in [0.15, 0.2) is 0 Å². The predicted octanol–water partition coefficient (Wildman–Crippen LogP) is 2.78. The first-order valence-electron chi connectivity index (χ1n) is 6.96. The van der Waals surface area contributed by atoms with Crippen LogP contribution in [0.25, 0.3) is 0 Å². The van der Waals surface area contributed by atoms with Crippen molar-refractivity contribution in [2.45, 2.75) is 6.42 Å². The van der Waals surface area contributed by atoms with Gasteiger partial charge in [0.05, 0.1) is 0 Å². The van der Waals surface area contributed by atoms with E-state index in [1.54, 1.807) is 0 Å². The Morgan fingerprint density at radius 2 is 1.14 bits per heavy atom. The van der Waals surface area contributed by atoms with Gasteiger partial charge >= 0.3 is 0 Å². The first kappa shape index (κ1) is 14.8. The van der Waals surface area contributed by atoms with E-state index >= 15 is 0 Å². The van der Waals surface area contributed by atoms with Gasteiger partial charge in [-0.1, -0.05) is 36.4 Å². The summed E-state index contributed by atoms with van der Waals surface area (Å²) in [6.07, 6.45) is 4.52. The molecular weight excluding hydrogens is 260 g/mol. The van der Waals surface area contributed by atoms with Crippen LogP contribution in [-0.2, 0) is 0 Å². The Kier molecular flexibility index (Phi) is 5.52. The molecule has 0 spiro atoms. The van der Waals surface area contributed by atoms with Gasteiger partial charge in [0.1, 0.15) is 0 Å². The molecule has 2 rings (SSSR count). The van der Waals surface area contributed by atoms with Crippen LogP contribution in [0.3, 0.4) is 0 Å². The number of para-hydroxylation sites is 2. The molecule has 0 aliphatic heterocycles. The molecule has 0 fully saturated rings. The zero-order chi connectivity index (χ0) is 14.9. The van der Waals surface area contributed by atoms with Crippen LogP contribution in [-0.4, -0.2) is 25.5 Å². The number of benzene rings is 2. The highest BCUT2D eigenvalue weighted by Crippen LogP contribution is 2.08. The van der Waals surface area contributed by atoms with E-state index in [0.29, 0.717) is 0 Å². The van der Waals surface area contributed by atoms with Crippen LogP contribution >= 0.6 is 0 Å². The van der Waals surface area contributed by atoms with Gasteiger partial charge in [-0.05, 0) is 18.6 Å². The molecule has 0 aliphatic rings. The Balaban J connectivity index is 1.73. The quantitative estimate of drug-likeness (QED) is 0.485. The van der Waals surface area contributed by atoms with Gasteiger partial charge in [-0.15, -0.1) is 0 Å². The Bertz CT molecular complexity index is 577. The van der Waals surface area contributed by atoms with Crippen molar-refractivity contribution >= 4 is 23.8 Å². The standard InChI is InChI=1S/C17H20N4/c18-16-8-3-1-6-14(16)12-20-10-5-11-21-13-15-7-2-4-9-17(15)19/h1-4,6-9,12-13H,5,10-11,18-19H2. The number of hydrogen-bond acceptors (Lipinski definition) is 4. The molecule has 0 unspecified atom stereocenters. The SMILES string of the molecule is Nc1ccccc1C=NCCCN=Cc1ccccc1N. The Labute approximate surface area is 125 Å². The molecule has 0 aliphatic carbocycles. The molecule has 0 atom stereocenters. The predicted molar refractivity (Wildman–Crippen MR) is 91.2 cm³/mol. The zero-order valence-corrected chi connectivity index (χ0v) is 11.9. The number of nitrogen functional groups attached to an aromatic ring is 2. The fourth-order valence-corrected chi connectivity index (χ4v) is 1.84. The van der Waals surface area contributed by atoms with E-state index in [0.717, 1.165) is 42.0 Å². The summed E-state index contributed by atoms with van der Waals surface area (Å²) in [7, 11) is 0. The highest BCUT2D eigenvalue weighted by atomic mass is 14.7. The summed E-state index contributed by atoms with van der Waals surface area (Å²) in [5.74, 6) is 0. The third-order valence-electron chi connectivity index (χ3n) is 3.03. The average molecular weight is 280 g/mol. The maximum absolute atomic E-state index is 5.83. The smallest absolute Gasteiger partial charge is 0.0407 e. The molecule has 0 bridgehead atoms.